The molecule has 0 spiro atoms. The molecule has 0 aliphatic heterocycles. The SMILES string of the molecule is CC(NNC(=O)c1ccncc1)=C1C=Cc2ccccc2C1=O. The summed E-state index contributed by atoms with van der Waals surface area (Å²) in [6, 6.07) is 10.6. The first-order valence-electron chi connectivity index (χ1n) is 7.16. The molecule has 2 aromatic rings. The molecule has 1 aromatic heterocycles. The van der Waals surface area contributed by atoms with Gasteiger partial charge in [0.05, 0.1) is 0 Å². The highest BCUT2D eigenvalue weighted by Crippen LogP contribution is 2.23. The average Bonchev–Trinajstić information content (AvgIpc) is 2.60. The second-order valence-electron chi connectivity index (χ2n) is 5.10. The van der Waals surface area contributed by atoms with Crippen LogP contribution in [-0.4, -0.2) is 16.7 Å². The van der Waals surface area contributed by atoms with Crippen LogP contribution in [0.4, 0.5) is 0 Å². The van der Waals surface area contributed by atoms with Crippen molar-refractivity contribution in [1.82, 2.24) is 15.8 Å². The van der Waals surface area contributed by atoms with E-state index in [9.17, 15) is 9.59 Å². The van der Waals surface area contributed by atoms with Gasteiger partial charge in [-0.25, -0.2) is 0 Å². The van der Waals surface area contributed by atoms with E-state index in [4.69, 9.17) is 0 Å². The third-order valence-corrected chi connectivity index (χ3v) is 3.59. The second kappa shape index (κ2) is 6.27. The van der Waals surface area contributed by atoms with E-state index in [0.717, 1.165) is 5.56 Å². The Hall–Kier alpha value is -3.21. The third kappa shape index (κ3) is 3.03. The van der Waals surface area contributed by atoms with Crippen molar-refractivity contribution in [3.63, 3.8) is 0 Å². The zero-order chi connectivity index (χ0) is 16.2. The number of fused-ring (bicyclic) bond motifs is 1. The van der Waals surface area contributed by atoms with Crippen LogP contribution in [0, 0.1) is 0 Å². The van der Waals surface area contributed by atoms with Crippen LogP contribution in [0.15, 0.2) is 66.1 Å². The molecule has 3 rings (SSSR count). The topological polar surface area (TPSA) is 71.1 Å². The fourth-order valence-electron chi connectivity index (χ4n) is 2.33. The number of nitrogens with zero attached hydrogens (tertiary/aromatic N) is 1. The van der Waals surface area contributed by atoms with E-state index >= 15 is 0 Å². The molecule has 1 aromatic carbocycles. The first kappa shape index (κ1) is 14.7. The minimum Gasteiger partial charge on any atom is -0.302 e. The number of hydrazine groups is 1. The van der Waals surface area contributed by atoms with Gasteiger partial charge in [0.25, 0.3) is 5.91 Å². The van der Waals surface area contributed by atoms with Crippen LogP contribution in [0.25, 0.3) is 6.08 Å². The fraction of sp³-hybridized carbons (Fsp3) is 0.0556. The van der Waals surface area contributed by atoms with E-state index in [1.165, 1.54) is 0 Å². The zero-order valence-corrected chi connectivity index (χ0v) is 12.5. The van der Waals surface area contributed by atoms with Crippen LogP contribution in [0.5, 0.6) is 0 Å². The molecule has 1 amide bonds. The number of hydrogen-bond donors (Lipinski definition) is 2. The maximum absolute atomic E-state index is 12.5. The molecule has 5 heteroatoms. The molecule has 0 bridgehead atoms. The van der Waals surface area contributed by atoms with Gasteiger partial charge < -0.3 is 5.43 Å². The Labute approximate surface area is 133 Å². The highest BCUT2D eigenvalue weighted by molar-refractivity contribution is 6.15. The summed E-state index contributed by atoms with van der Waals surface area (Å²) in [5.41, 5.74) is 8.54. The van der Waals surface area contributed by atoms with Crippen molar-refractivity contribution in [3.05, 3.63) is 82.8 Å². The Morgan fingerprint density at radius 3 is 2.52 bits per heavy atom. The van der Waals surface area contributed by atoms with Crippen molar-refractivity contribution < 1.29 is 9.59 Å². The lowest BCUT2D eigenvalue weighted by atomic mass is 9.92. The van der Waals surface area contributed by atoms with Gasteiger partial charge in [0.2, 0.25) is 0 Å². The molecule has 1 aliphatic carbocycles. The lowest BCUT2D eigenvalue weighted by molar-refractivity contribution is 0.0936. The standard InChI is InChI=1S/C18H15N3O2/c1-12(20-21-18(23)14-8-10-19-11-9-14)15-7-6-13-4-2-3-5-16(13)17(15)22/h2-11,20H,1H3,(H,21,23). The number of Topliss-reactive ketones (excluding diaryl/α,β-unsaturated/α-hetero) is 1. The molecule has 0 atom stereocenters. The van der Waals surface area contributed by atoms with Crippen LogP contribution in [0.1, 0.15) is 33.2 Å². The summed E-state index contributed by atoms with van der Waals surface area (Å²) in [7, 11) is 0. The molecule has 23 heavy (non-hydrogen) atoms. The second-order valence-corrected chi connectivity index (χ2v) is 5.10. The van der Waals surface area contributed by atoms with E-state index < -0.39 is 0 Å². The first-order chi connectivity index (χ1) is 11.2. The number of carbonyl (C=O) groups excluding carboxylic acids is 2. The summed E-state index contributed by atoms with van der Waals surface area (Å²) in [5, 5.41) is 0. The van der Waals surface area contributed by atoms with Crippen molar-refractivity contribution >= 4 is 17.8 Å². The molecule has 5 nitrogen and oxygen atoms in total. The van der Waals surface area contributed by atoms with Crippen molar-refractivity contribution in [2.75, 3.05) is 0 Å². The maximum atomic E-state index is 12.5. The van der Waals surface area contributed by atoms with Gasteiger partial charge in [-0.1, -0.05) is 30.3 Å². The number of benzene rings is 1. The van der Waals surface area contributed by atoms with Gasteiger partial charge in [0, 0.05) is 34.8 Å². The van der Waals surface area contributed by atoms with Crippen molar-refractivity contribution in [2.45, 2.75) is 6.92 Å². The average molecular weight is 305 g/mol. The van der Waals surface area contributed by atoms with Crippen LogP contribution < -0.4 is 10.9 Å². The van der Waals surface area contributed by atoms with E-state index in [1.54, 1.807) is 43.6 Å². The number of carbonyl (C=O) groups is 2. The molecular weight excluding hydrogens is 290 g/mol. The summed E-state index contributed by atoms with van der Waals surface area (Å²) in [5.74, 6) is -0.355. The molecule has 0 saturated carbocycles. The van der Waals surface area contributed by atoms with Gasteiger partial charge in [-0.3, -0.25) is 20.0 Å². The fourth-order valence-corrected chi connectivity index (χ4v) is 2.33. The predicted octanol–water partition coefficient (Wildman–Crippen LogP) is 2.50. The van der Waals surface area contributed by atoms with Gasteiger partial charge >= 0.3 is 0 Å². The number of amides is 1. The zero-order valence-electron chi connectivity index (χ0n) is 12.5. The molecule has 1 heterocycles. The Morgan fingerprint density at radius 1 is 1.00 bits per heavy atom. The van der Waals surface area contributed by atoms with Gasteiger partial charge in [0.15, 0.2) is 5.78 Å². The molecule has 0 unspecified atom stereocenters. The van der Waals surface area contributed by atoms with Crippen LogP contribution in [0.2, 0.25) is 0 Å². The Bertz CT molecular complexity index is 823. The first-order valence-corrected chi connectivity index (χ1v) is 7.16. The summed E-state index contributed by atoms with van der Waals surface area (Å²) in [4.78, 5) is 28.4. The summed E-state index contributed by atoms with van der Waals surface area (Å²) in [6.45, 7) is 1.75. The molecule has 0 radical (unpaired) electrons. The lowest BCUT2D eigenvalue weighted by Crippen LogP contribution is -2.37. The quantitative estimate of drug-likeness (QED) is 0.675. The minimum absolute atomic E-state index is 0.0636. The van der Waals surface area contributed by atoms with E-state index in [-0.39, 0.29) is 11.7 Å². The largest absolute Gasteiger partial charge is 0.302 e. The molecule has 114 valence electrons. The molecular formula is C18H15N3O2. The van der Waals surface area contributed by atoms with E-state index in [0.29, 0.717) is 22.4 Å². The molecule has 2 N–H and O–H groups in total. The predicted molar refractivity (Wildman–Crippen MR) is 87.3 cm³/mol. The maximum Gasteiger partial charge on any atom is 0.269 e. The van der Waals surface area contributed by atoms with Crippen molar-refractivity contribution in [1.29, 1.82) is 0 Å². The van der Waals surface area contributed by atoms with Gasteiger partial charge in [-0.05, 0) is 30.7 Å². The van der Waals surface area contributed by atoms with Gasteiger partial charge in [0.1, 0.15) is 0 Å². The number of hydrogen-bond acceptors (Lipinski definition) is 4. The van der Waals surface area contributed by atoms with Crippen LogP contribution in [-0.2, 0) is 0 Å². The number of aromatic nitrogens is 1. The third-order valence-electron chi connectivity index (χ3n) is 3.59. The highest BCUT2D eigenvalue weighted by Gasteiger charge is 2.19. The van der Waals surface area contributed by atoms with Crippen molar-refractivity contribution in [3.8, 4) is 0 Å². The summed E-state index contributed by atoms with van der Waals surface area (Å²) >= 11 is 0. The lowest BCUT2D eigenvalue weighted by Gasteiger charge is -2.16. The summed E-state index contributed by atoms with van der Waals surface area (Å²) < 4.78 is 0. The normalized spacial score (nSPS) is 14.9. The number of ketones is 1. The molecule has 1 aliphatic rings. The Balaban J connectivity index is 1.76. The van der Waals surface area contributed by atoms with E-state index in [2.05, 4.69) is 15.8 Å². The molecule has 0 fully saturated rings. The van der Waals surface area contributed by atoms with Crippen LogP contribution in [0.3, 0.4) is 0 Å². The number of pyridine rings is 1. The van der Waals surface area contributed by atoms with Gasteiger partial charge in [-0.2, -0.15) is 0 Å². The smallest absolute Gasteiger partial charge is 0.269 e. The Morgan fingerprint density at radius 2 is 1.74 bits per heavy atom. The summed E-state index contributed by atoms with van der Waals surface area (Å²) in [6.07, 6.45) is 6.74. The Kier molecular flexibility index (Phi) is 4.01. The highest BCUT2D eigenvalue weighted by atomic mass is 16.2. The minimum atomic E-state index is -0.292. The number of allylic oxidation sites excluding steroid dienone is 3. The van der Waals surface area contributed by atoms with Gasteiger partial charge in [-0.15, -0.1) is 0 Å². The van der Waals surface area contributed by atoms with Crippen LogP contribution >= 0.6 is 0 Å². The van der Waals surface area contributed by atoms with E-state index in [1.807, 2.05) is 24.3 Å². The monoisotopic (exact) mass is 305 g/mol. The number of rotatable bonds is 3. The number of nitrogens with one attached hydrogen (secondary N) is 2. The van der Waals surface area contributed by atoms with Crippen molar-refractivity contribution in [2.24, 2.45) is 0 Å². The molecule has 0 saturated heterocycles.